The van der Waals surface area contributed by atoms with Gasteiger partial charge in [-0.05, 0) is 30.8 Å². The quantitative estimate of drug-likeness (QED) is 0.694. The Kier molecular flexibility index (Phi) is 3.10. The van der Waals surface area contributed by atoms with E-state index in [-0.39, 0.29) is 0 Å². The number of carbonyl (C=O) groups excluding carboxylic acids is 1. The lowest BCUT2D eigenvalue weighted by atomic mass is 10.3. The van der Waals surface area contributed by atoms with Gasteiger partial charge in [-0.25, -0.2) is 4.98 Å². The van der Waals surface area contributed by atoms with Gasteiger partial charge < -0.3 is 4.57 Å². The highest BCUT2D eigenvalue weighted by Gasteiger charge is 2.17. The van der Waals surface area contributed by atoms with Gasteiger partial charge in [-0.3, -0.25) is 9.48 Å². The van der Waals surface area contributed by atoms with Crippen molar-refractivity contribution in [3.05, 3.63) is 35.5 Å². The van der Waals surface area contributed by atoms with E-state index >= 15 is 0 Å². The molecule has 0 radical (unpaired) electrons. The molecule has 0 spiro atoms. The summed E-state index contributed by atoms with van der Waals surface area (Å²) in [7, 11) is 3.81. The number of hydrogen-bond donors (Lipinski definition) is 0. The number of nitrogens with zero attached hydrogens (tertiary/aromatic N) is 4. The number of para-hydroxylation sites is 2. The molecule has 6 heteroatoms. The highest BCUT2D eigenvalue weighted by molar-refractivity contribution is 7.99. The van der Waals surface area contributed by atoms with Crippen LogP contribution in [0.4, 0.5) is 0 Å². The standard InChI is InChI=1S/C14H14N4OS/c1-9-10(8-19)13(18(3)16-9)20-14-15-11-6-4-5-7-12(11)17(14)2/h4-8H,1-3H3. The van der Waals surface area contributed by atoms with E-state index in [0.29, 0.717) is 5.56 Å². The van der Waals surface area contributed by atoms with Crippen LogP contribution in [0.2, 0.25) is 0 Å². The summed E-state index contributed by atoms with van der Waals surface area (Å²) in [6.45, 7) is 1.84. The molecule has 0 unspecified atom stereocenters. The summed E-state index contributed by atoms with van der Waals surface area (Å²) in [6.07, 6.45) is 0.854. The Labute approximate surface area is 120 Å². The van der Waals surface area contributed by atoms with Crippen molar-refractivity contribution in [3.63, 3.8) is 0 Å². The lowest BCUT2D eigenvalue weighted by molar-refractivity contribution is 0.112. The van der Waals surface area contributed by atoms with Gasteiger partial charge in [-0.1, -0.05) is 12.1 Å². The summed E-state index contributed by atoms with van der Waals surface area (Å²) < 4.78 is 3.75. The smallest absolute Gasteiger partial charge is 0.175 e. The van der Waals surface area contributed by atoms with Crippen LogP contribution in [0.25, 0.3) is 11.0 Å². The second-order valence-corrected chi connectivity index (χ2v) is 5.55. The zero-order valence-corrected chi connectivity index (χ0v) is 12.3. The number of imidazole rings is 1. The van der Waals surface area contributed by atoms with E-state index < -0.39 is 0 Å². The molecule has 0 saturated carbocycles. The summed E-state index contributed by atoms with van der Waals surface area (Å²) in [5.41, 5.74) is 3.39. The molecule has 0 amide bonds. The van der Waals surface area contributed by atoms with Crippen LogP contribution in [0.5, 0.6) is 0 Å². The van der Waals surface area contributed by atoms with E-state index in [4.69, 9.17) is 0 Å². The van der Waals surface area contributed by atoms with Gasteiger partial charge in [-0.15, -0.1) is 0 Å². The molecule has 0 fully saturated rings. The van der Waals surface area contributed by atoms with Gasteiger partial charge in [0, 0.05) is 14.1 Å². The molecule has 20 heavy (non-hydrogen) atoms. The number of aryl methyl sites for hydroxylation is 3. The molecule has 0 aliphatic rings. The molecular weight excluding hydrogens is 272 g/mol. The summed E-state index contributed by atoms with van der Waals surface area (Å²) >= 11 is 1.46. The van der Waals surface area contributed by atoms with E-state index in [9.17, 15) is 4.79 Å². The van der Waals surface area contributed by atoms with Gasteiger partial charge in [0.15, 0.2) is 11.4 Å². The van der Waals surface area contributed by atoms with E-state index in [0.717, 1.165) is 33.2 Å². The molecular formula is C14H14N4OS. The number of aromatic nitrogens is 4. The van der Waals surface area contributed by atoms with Crippen LogP contribution in [0.3, 0.4) is 0 Å². The summed E-state index contributed by atoms with van der Waals surface area (Å²) in [5, 5.41) is 5.95. The van der Waals surface area contributed by atoms with Crippen LogP contribution in [0.1, 0.15) is 16.1 Å². The topological polar surface area (TPSA) is 52.7 Å². The summed E-state index contributed by atoms with van der Waals surface area (Å²) in [5.74, 6) is 0. The zero-order chi connectivity index (χ0) is 14.3. The van der Waals surface area contributed by atoms with Gasteiger partial charge in [0.05, 0.1) is 22.3 Å². The fourth-order valence-corrected chi connectivity index (χ4v) is 3.24. The van der Waals surface area contributed by atoms with Crippen molar-refractivity contribution in [2.75, 3.05) is 0 Å². The third-order valence-corrected chi connectivity index (χ3v) is 4.49. The molecule has 0 saturated heterocycles. The molecule has 3 aromatic rings. The Bertz CT molecular complexity index is 803. The molecule has 102 valence electrons. The fourth-order valence-electron chi connectivity index (χ4n) is 2.21. The van der Waals surface area contributed by atoms with Crippen LogP contribution in [0.15, 0.2) is 34.4 Å². The van der Waals surface area contributed by atoms with Gasteiger partial charge in [-0.2, -0.15) is 5.10 Å². The molecule has 0 aliphatic carbocycles. The molecule has 0 aliphatic heterocycles. The maximum absolute atomic E-state index is 11.2. The van der Waals surface area contributed by atoms with Crippen LogP contribution >= 0.6 is 11.8 Å². The Balaban J connectivity index is 2.10. The molecule has 0 atom stereocenters. The number of fused-ring (bicyclic) bond motifs is 1. The predicted molar refractivity (Wildman–Crippen MR) is 78.2 cm³/mol. The van der Waals surface area contributed by atoms with E-state index in [1.165, 1.54) is 11.8 Å². The van der Waals surface area contributed by atoms with Crippen LogP contribution in [0, 0.1) is 6.92 Å². The van der Waals surface area contributed by atoms with Crippen molar-refractivity contribution in [1.82, 2.24) is 19.3 Å². The number of aldehydes is 1. The van der Waals surface area contributed by atoms with Gasteiger partial charge in [0.25, 0.3) is 0 Å². The molecule has 5 nitrogen and oxygen atoms in total. The Morgan fingerprint density at radius 3 is 2.70 bits per heavy atom. The number of hydrogen-bond acceptors (Lipinski definition) is 4. The van der Waals surface area contributed by atoms with Gasteiger partial charge in [0.2, 0.25) is 0 Å². The second-order valence-electron chi connectivity index (χ2n) is 4.59. The van der Waals surface area contributed by atoms with Gasteiger partial charge >= 0.3 is 0 Å². The molecule has 0 bridgehead atoms. The first-order valence-electron chi connectivity index (χ1n) is 6.20. The molecule has 0 N–H and O–H groups in total. The van der Waals surface area contributed by atoms with E-state index in [1.807, 2.05) is 49.9 Å². The first kappa shape index (κ1) is 12.9. The van der Waals surface area contributed by atoms with Gasteiger partial charge in [0.1, 0.15) is 5.03 Å². The predicted octanol–water partition coefficient (Wildman–Crippen LogP) is 2.58. The molecule has 2 heterocycles. The minimum Gasteiger partial charge on any atom is -0.322 e. The zero-order valence-electron chi connectivity index (χ0n) is 11.5. The second kappa shape index (κ2) is 4.79. The van der Waals surface area contributed by atoms with E-state index in [1.54, 1.807) is 4.68 Å². The SMILES string of the molecule is Cc1nn(C)c(Sc2nc3ccccc3n2C)c1C=O. The first-order chi connectivity index (χ1) is 9.61. The van der Waals surface area contributed by atoms with Crippen molar-refractivity contribution in [2.24, 2.45) is 14.1 Å². The van der Waals surface area contributed by atoms with Crippen molar-refractivity contribution in [3.8, 4) is 0 Å². The summed E-state index contributed by atoms with van der Waals surface area (Å²) in [4.78, 5) is 15.8. The Hall–Kier alpha value is -2.08. The van der Waals surface area contributed by atoms with Crippen molar-refractivity contribution < 1.29 is 4.79 Å². The van der Waals surface area contributed by atoms with E-state index in [2.05, 4.69) is 10.1 Å². The number of benzene rings is 1. The molecule has 1 aromatic carbocycles. The third-order valence-electron chi connectivity index (χ3n) is 3.27. The monoisotopic (exact) mass is 286 g/mol. The lowest BCUT2D eigenvalue weighted by Gasteiger charge is -2.03. The fraction of sp³-hybridized carbons (Fsp3) is 0.214. The first-order valence-corrected chi connectivity index (χ1v) is 7.01. The number of rotatable bonds is 3. The lowest BCUT2D eigenvalue weighted by Crippen LogP contribution is -1.96. The normalized spacial score (nSPS) is 11.2. The molecule has 2 aromatic heterocycles. The Morgan fingerprint density at radius 2 is 2.00 bits per heavy atom. The minimum atomic E-state index is 0.629. The maximum Gasteiger partial charge on any atom is 0.175 e. The summed E-state index contributed by atoms with van der Waals surface area (Å²) in [6, 6.07) is 7.97. The third kappa shape index (κ3) is 1.92. The number of carbonyl (C=O) groups is 1. The van der Waals surface area contributed by atoms with Crippen molar-refractivity contribution >= 4 is 29.1 Å². The van der Waals surface area contributed by atoms with Crippen molar-refractivity contribution in [1.29, 1.82) is 0 Å². The highest BCUT2D eigenvalue weighted by Crippen LogP contribution is 2.31. The highest BCUT2D eigenvalue weighted by atomic mass is 32.2. The van der Waals surface area contributed by atoms with Crippen LogP contribution in [-0.2, 0) is 14.1 Å². The largest absolute Gasteiger partial charge is 0.322 e. The maximum atomic E-state index is 11.2. The van der Waals surface area contributed by atoms with Crippen LogP contribution in [-0.4, -0.2) is 25.6 Å². The minimum absolute atomic E-state index is 0.629. The molecule has 3 rings (SSSR count). The van der Waals surface area contributed by atoms with Crippen LogP contribution < -0.4 is 0 Å². The average Bonchev–Trinajstić information content (AvgIpc) is 2.89. The Morgan fingerprint density at radius 1 is 1.25 bits per heavy atom. The average molecular weight is 286 g/mol. The van der Waals surface area contributed by atoms with Crippen molar-refractivity contribution in [2.45, 2.75) is 17.1 Å².